The summed E-state index contributed by atoms with van der Waals surface area (Å²) in [6.45, 7) is 12.8. The summed E-state index contributed by atoms with van der Waals surface area (Å²) >= 11 is 0. The van der Waals surface area contributed by atoms with Crippen LogP contribution in [0.5, 0.6) is 0 Å². The van der Waals surface area contributed by atoms with E-state index in [9.17, 15) is 5.11 Å². The second-order valence-electron chi connectivity index (χ2n) is 6.62. The molecule has 3 heteroatoms. The largest absolute Gasteiger partial charge is 0.395 e. The molecule has 0 saturated carbocycles. The average molecular weight is 292 g/mol. The smallest absolute Gasteiger partial charge is 0.0558 e. The quantitative estimate of drug-likeness (QED) is 0.696. The van der Waals surface area contributed by atoms with Gasteiger partial charge in [0.2, 0.25) is 0 Å². The first-order valence-corrected chi connectivity index (χ1v) is 8.09. The van der Waals surface area contributed by atoms with Gasteiger partial charge in [0.05, 0.1) is 6.61 Å². The molecular formula is C18H32N2O. The topological polar surface area (TPSA) is 35.5 Å². The van der Waals surface area contributed by atoms with E-state index >= 15 is 0 Å². The number of hydrogen-bond acceptors (Lipinski definition) is 3. The molecule has 0 aliphatic carbocycles. The lowest BCUT2D eigenvalue weighted by atomic mass is 9.86. The SMILES string of the molecule is CCC(C)(CNC(C)C)CN(CCO)Cc1ccccc1. The second-order valence-corrected chi connectivity index (χ2v) is 6.62. The van der Waals surface area contributed by atoms with Crippen molar-refractivity contribution in [3.63, 3.8) is 0 Å². The Balaban J connectivity index is 2.66. The molecule has 0 bridgehead atoms. The molecule has 0 fully saturated rings. The Morgan fingerprint density at radius 2 is 1.90 bits per heavy atom. The summed E-state index contributed by atoms with van der Waals surface area (Å²) in [6.07, 6.45) is 1.13. The van der Waals surface area contributed by atoms with Crippen molar-refractivity contribution >= 4 is 0 Å². The number of aliphatic hydroxyl groups is 1. The highest BCUT2D eigenvalue weighted by Gasteiger charge is 2.25. The van der Waals surface area contributed by atoms with Gasteiger partial charge in [-0.3, -0.25) is 4.90 Å². The molecule has 0 heterocycles. The van der Waals surface area contributed by atoms with E-state index in [0.29, 0.717) is 6.04 Å². The predicted octanol–water partition coefficient (Wildman–Crippen LogP) is 2.90. The molecule has 1 aromatic rings. The average Bonchev–Trinajstić information content (AvgIpc) is 2.46. The zero-order valence-electron chi connectivity index (χ0n) is 14.1. The van der Waals surface area contributed by atoms with Gasteiger partial charge in [-0.1, -0.05) is 58.0 Å². The summed E-state index contributed by atoms with van der Waals surface area (Å²) in [4.78, 5) is 2.36. The fourth-order valence-corrected chi connectivity index (χ4v) is 2.48. The van der Waals surface area contributed by atoms with Crippen molar-refractivity contribution in [1.82, 2.24) is 10.2 Å². The molecule has 0 aliphatic rings. The Hall–Kier alpha value is -0.900. The minimum Gasteiger partial charge on any atom is -0.395 e. The van der Waals surface area contributed by atoms with E-state index in [-0.39, 0.29) is 12.0 Å². The lowest BCUT2D eigenvalue weighted by molar-refractivity contribution is 0.122. The number of rotatable bonds is 10. The van der Waals surface area contributed by atoms with Gasteiger partial charge in [0.25, 0.3) is 0 Å². The van der Waals surface area contributed by atoms with Gasteiger partial charge < -0.3 is 10.4 Å². The van der Waals surface area contributed by atoms with Crippen LogP contribution in [-0.2, 0) is 6.54 Å². The van der Waals surface area contributed by atoms with E-state index in [1.54, 1.807) is 0 Å². The Bertz CT molecular complexity index is 380. The highest BCUT2D eigenvalue weighted by Crippen LogP contribution is 2.23. The van der Waals surface area contributed by atoms with Crippen molar-refractivity contribution in [2.45, 2.75) is 46.7 Å². The van der Waals surface area contributed by atoms with Crippen LogP contribution in [0.3, 0.4) is 0 Å². The highest BCUT2D eigenvalue weighted by molar-refractivity contribution is 5.14. The summed E-state index contributed by atoms with van der Waals surface area (Å²) in [5.74, 6) is 0. The molecule has 0 aliphatic heterocycles. The van der Waals surface area contributed by atoms with Crippen molar-refractivity contribution in [3.05, 3.63) is 35.9 Å². The number of benzene rings is 1. The van der Waals surface area contributed by atoms with Crippen molar-refractivity contribution in [2.75, 3.05) is 26.2 Å². The Morgan fingerprint density at radius 1 is 1.24 bits per heavy atom. The Kier molecular flexibility index (Phi) is 7.94. The van der Waals surface area contributed by atoms with E-state index in [1.165, 1.54) is 5.56 Å². The standard InChI is InChI=1S/C18H32N2O/c1-5-18(4,14-19-16(2)3)15-20(11-12-21)13-17-9-7-6-8-10-17/h6-10,16,19,21H,5,11-15H2,1-4H3. The number of hydrogen-bond donors (Lipinski definition) is 2. The Labute approximate surface area is 130 Å². The molecule has 1 unspecified atom stereocenters. The maximum Gasteiger partial charge on any atom is 0.0558 e. The van der Waals surface area contributed by atoms with Crippen LogP contribution in [-0.4, -0.2) is 42.3 Å². The van der Waals surface area contributed by atoms with Gasteiger partial charge in [0.15, 0.2) is 0 Å². The summed E-state index contributed by atoms with van der Waals surface area (Å²) in [6, 6.07) is 11.0. The normalized spacial score (nSPS) is 14.6. The number of aliphatic hydroxyl groups excluding tert-OH is 1. The first kappa shape index (κ1) is 18.1. The van der Waals surface area contributed by atoms with Gasteiger partial charge >= 0.3 is 0 Å². The maximum absolute atomic E-state index is 9.35. The minimum absolute atomic E-state index is 0.213. The molecule has 2 N–H and O–H groups in total. The van der Waals surface area contributed by atoms with Crippen LogP contribution < -0.4 is 5.32 Å². The first-order chi connectivity index (χ1) is 9.99. The molecule has 1 aromatic carbocycles. The molecule has 0 radical (unpaired) electrons. The molecule has 0 spiro atoms. The third kappa shape index (κ3) is 7.07. The molecule has 0 amide bonds. The monoisotopic (exact) mass is 292 g/mol. The van der Waals surface area contributed by atoms with Gasteiger partial charge in [0.1, 0.15) is 0 Å². The molecule has 21 heavy (non-hydrogen) atoms. The summed E-state index contributed by atoms with van der Waals surface area (Å²) in [5, 5.41) is 12.9. The molecule has 3 nitrogen and oxygen atoms in total. The molecule has 120 valence electrons. The van der Waals surface area contributed by atoms with Crippen LogP contribution in [0.4, 0.5) is 0 Å². The predicted molar refractivity (Wildman–Crippen MR) is 90.3 cm³/mol. The van der Waals surface area contributed by atoms with Crippen molar-refractivity contribution in [3.8, 4) is 0 Å². The van der Waals surface area contributed by atoms with Gasteiger partial charge in [0, 0.05) is 32.2 Å². The lowest BCUT2D eigenvalue weighted by Gasteiger charge is -2.35. The molecular weight excluding hydrogens is 260 g/mol. The van der Waals surface area contributed by atoms with Crippen LogP contribution in [0.15, 0.2) is 30.3 Å². The van der Waals surface area contributed by atoms with Gasteiger partial charge in [-0.15, -0.1) is 0 Å². The highest BCUT2D eigenvalue weighted by atomic mass is 16.3. The fourth-order valence-electron chi connectivity index (χ4n) is 2.48. The van der Waals surface area contributed by atoms with E-state index in [0.717, 1.165) is 32.6 Å². The molecule has 1 rings (SSSR count). The molecule has 0 saturated heterocycles. The van der Waals surface area contributed by atoms with Crippen LogP contribution in [0, 0.1) is 5.41 Å². The van der Waals surface area contributed by atoms with Crippen LogP contribution in [0.1, 0.15) is 39.7 Å². The van der Waals surface area contributed by atoms with Gasteiger partial charge in [-0.25, -0.2) is 0 Å². The zero-order chi connectivity index (χ0) is 15.7. The molecule has 1 atom stereocenters. The van der Waals surface area contributed by atoms with Crippen molar-refractivity contribution < 1.29 is 5.11 Å². The first-order valence-electron chi connectivity index (χ1n) is 8.09. The summed E-state index contributed by atoms with van der Waals surface area (Å²) in [5.41, 5.74) is 1.54. The summed E-state index contributed by atoms with van der Waals surface area (Å²) in [7, 11) is 0. The Morgan fingerprint density at radius 3 is 2.43 bits per heavy atom. The van der Waals surface area contributed by atoms with Crippen molar-refractivity contribution in [1.29, 1.82) is 0 Å². The van der Waals surface area contributed by atoms with E-state index in [1.807, 2.05) is 6.07 Å². The number of nitrogens with one attached hydrogen (secondary N) is 1. The van der Waals surface area contributed by atoms with Crippen molar-refractivity contribution in [2.24, 2.45) is 5.41 Å². The number of nitrogens with zero attached hydrogens (tertiary/aromatic N) is 1. The second kappa shape index (κ2) is 9.19. The lowest BCUT2D eigenvalue weighted by Crippen LogP contribution is -2.44. The van der Waals surface area contributed by atoms with Crippen LogP contribution in [0.2, 0.25) is 0 Å². The van der Waals surface area contributed by atoms with Gasteiger partial charge in [-0.05, 0) is 17.4 Å². The van der Waals surface area contributed by atoms with Gasteiger partial charge in [-0.2, -0.15) is 0 Å². The summed E-state index contributed by atoms with van der Waals surface area (Å²) < 4.78 is 0. The van der Waals surface area contributed by atoms with E-state index < -0.39 is 0 Å². The van der Waals surface area contributed by atoms with Crippen LogP contribution >= 0.6 is 0 Å². The third-order valence-electron chi connectivity index (χ3n) is 4.06. The minimum atomic E-state index is 0.213. The third-order valence-corrected chi connectivity index (χ3v) is 4.06. The fraction of sp³-hybridized carbons (Fsp3) is 0.667. The van der Waals surface area contributed by atoms with E-state index in [4.69, 9.17) is 0 Å². The zero-order valence-corrected chi connectivity index (χ0v) is 14.1. The molecule has 0 aromatic heterocycles. The van der Waals surface area contributed by atoms with E-state index in [2.05, 4.69) is 62.2 Å². The maximum atomic E-state index is 9.35. The van der Waals surface area contributed by atoms with Crippen LogP contribution in [0.25, 0.3) is 0 Å².